The van der Waals surface area contributed by atoms with Crippen LogP contribution in [0.1, 0.15) is 57.4 Å². The maximum atomic E-state index is 13.5. The number of pyridine rings is 1. The van der Waals surface area contributed by atoms with E-state index in [0.29, 0.717) is 29.1 Å². The number of hydrogen-bond acceptors (Lipinski definition) is 5. The molecule has 29 heavy (non-hydrogen) atoms. The fourth-order valence-corrected chi connectivity index (χ4v) is 3.73. The number of nitrogens with zero attached hydrogens (tertiary/aromatic N) is 3. The Morgan fingerprint density at radius 1 is 1.24 bits per heavy atom. The van der Waals surface area contributed by atoms with Gasteiger partial charge in [-0.1, -0.05) is 0 Å². The Hall–Kier alpha value is -2.96. The first-order chi connectivity index (χ1) is 13.8. The van der Waals surface area contributed by atoms with E-state index >= 15 is 0 Å². The van der Waals surface area contributed by atoms with Gasteiger partial charge in [0.05, 0.1) is 13.2 Å². The third-order valence-electron chi connectivity index (χ3n) is 5.71. The fraction of sp³-hybridized carbons (Fsp3) is 0.455. The molecule has 0 saturated heterocycles. The van der Waals surface area contributed by atoms with Crippen LogP contribution in [-0.4, -0.2) is 45.3 Å². The van der Waals surface area contributed by atoms with E-state index in [1.54, 1.807) is 49.7 Å². The molecule has 1 fully saturated rings. The van der Waals surface area contributed by atoms with Crippen molar-refractivity contribution >= 4 is 17.7 Å². The van der Waals surface area contributed by atoms with Crippen LogP contribution in [0.25, 0.3) is 0 Å². The summed E-state index contributed by atoms with van der Waals surface area (Å²) in [5, 5.41) is 0. The summed E-state index contributed by atoms with van der Waals surface area (Å²) in [5.41, 5.74) is 3.02. The summed E-state index contributed by atoms with van der Waals surface area (Å²) in [4.78, 5) is 44.3. The third-order valence-corrected chi connectivity index (χ3v) is 5.71. The lowest BCUT2D eigenvalue weighted by Crippen LogP contribution is -2.43. The summed E-state index contributed by atoms with van der Waals surface area (Å²) in [5.74, 6) is -0.658. The minimum absolute atomic E-state index is 0.00194. The largest absolute Gasteiger partial charge is 0.464 e. The molecule has 1 atom stereocenters. The molecule has 0 aromatic carbocycles. The van der Waals surface area contributed by atoms with Gasteiger partial charge in [0.25, 0.3) is 0 Å². The van der Waals surface area contributed by atoms with Crippen molar-refractivity contribution in [2.75, 3.05) is 7.11 Å². The number of amides is 1. The average Bonchev–Trinajstić information content (AvgIpc) is 3.53. The normalized spacial score (nSPS) is 14.4. The van der Waals surface area contributed by atoms with Crippen LogP contribution in [0.5, 0.6) is 0 Å². The summed E-state index contributed by atoms with van der Waals surface area (Å²) in [6, 6.07) is 3.04. The van der Waals surface area contributed by atoms with Crippen LogP contribution in [0, 0.1) is 19.8 Å². The van der Waals surface area contributed by atoms with Gasteiger partial charge in [0.2, 0.25) is 5.91 Å². The SMILES string of the molecule is COC(=O)c1c(C)c(C(=O)[C@@H](C)N(Cc2ccncc2)C(=O)C2CC2)c(C)n1C. The summed E-state index contributed by atoms with van der Waals surface area (Å²) >= 11 is 0. The van der Waals surface area contributed by atoms with Gasteiger partial charge >= 0.3 is 5.97 Å². The second-order valence-electron chi connectivity index (χ2n) is 7.62. The molecule has 1 amide bonds. The topological polar surface area (TPSA) is 81.5 Å². The Morgan fingerprint density at radius 3 is 2.41 bits per heavy atom. The number of carbonyl (C=O) groups is 3. The lowest BCUT2D eigenvalue weighted by atomic mass is 9.99. The number of methoxy groups -OCH3 is 1. The molecule has 7 heteroatoms. The fourth-order valence-electron chi connectivity index (χ4n) is 3.73. The second kappa shape index (κ2) is 8.19. The highest BCUT2D eigenvalue weighted by Crippen LogP contribution is 2.33. The minimum atomic E-state index is -0.651. The number of esters is 1. The van der Waals surface area contributed by atoms with E-state index in [0.717, 1.165) is 18.4 Å². The van der Waals surface area contributed by atoms with E-state index in [9.17, 15) is 14.4 Å². The average molecular weight is 397 g/mol. The first kappa shape index (κ1) is 20.8. The molecule has 0 unspecified atom stereocenters. The molecular weight excluding hydrogens is 370 g/mol. The Bertz CT molecular complexity index is 945. The van der Waals surface area contributed by atoms with Gasteiger partial charge in [-0.05, 0) is 56.9 Å². The molecule has 154 valence electrons. The Labute approximate surface area is 170 Å². The highest BCUT2D eigenvalue weighted by atomic mass is 16.5. The first-order valence-corrected chi connectivity index (χ1v) is 9.75. The summed E-state index contributed by atoms with van der Waals surface area (Å²) < 4.78 is 6.55. The monoisotopic (exact) mass is 397 g/mol. The molecular formula is C22H27N3O4. The molecule has 2 aromatic rings. The number of ether oxygens (including phenoxy) is 1. The van der Waals surface area contributed by atoms with Gasteiger partial charge in [-0.15, -0.1) is 0 Å². The van der Waals surface area contributed by atoms with Crippen molar-refractivity contribution in [1.29, 1.82) is 0 Å². The van der Waals surface area contributed by atoms with E-state index in [1.165, 1.54) is 7.11 Å². The molecule has 0 N–H and O–H groups in total. The Morgan fingerprint density at radius 2 is 1.86 bits per heavy atom. The van der Waals surface area contributed by atoms with Crippen molar-refractivity contribution in [3.05, 3.63) is 52.6 Å². The van der Waals surface area contributed by atoms with Crippen molar-refractivity contribution in [3.8, 4) is 0 Å². The van der Waals surface area contributed by atoms with E-state index in [2.05, 4.69) is 4.98 Å². The highest BCUT2D eigenvalue weighted by Gasteiger charge is 2.38. The first-order valence-electron chi connectivity index (χ1n) is 9.75. The number of Topliss-reactive ketones (excluding diaryl/α,β-unsaturated/α-hetero) is 1. The van der Waals surface area contributed by atoms with Crippen molar-refractivity contribution in [3.63, 3.8) is 0 Å². The Kier molecular flexibility index (Phi) is 5.86. The Balaban J connectivity index is 1.95. The molecule has 2 aromatic heterocycles. The number of hydrogen-bond donors (Lipinski definition) is 0. The highest BCUT2D eigenvalue weighted by molar-refractivity contribution is 6.06. The number of ketones is 1. The van der Waals surface area contributed by atoms with Crippen molar-refractivity contribution in [2.45, 2.75) is 46.2 Å². The molecule has 1 saturated carbocycles. The van der Waals surface area contributed by atoms with Crippen LogP contribution in [0.15, 0.2) is 24.5 Å². The van der Waals surface area contributed by atoms with Gasteiger partial charge < -0.3 is 14.2 Å². The zero-order valence-electron chi connectivity index (χ0n) is 17.6. The lowest BCUT2D eigenvalue weighted by Gasteiger charge is -2.29. The van der Waals surface area contributed by atoms with Gasteiger partial charge in [-0.3, -0.25) is 14.6 Å². The maximum absolute atomic E-state index is 13.5. The van der Waals surface area contributed by atoms with Crippen LogP contribution in [0.4, 0.5) is 0 Å². The number of aromatic nitrogens is 2. The molecule has 2 heterocycles. The smallest absolute Gasteiger partial charge is 0.354 e. The lowest BCUT2D eigenvalue weighted by molar-refractivity contribution is -0.134. The van der Waals surface area contributed by atoms with Gasteiger partial charge in [-0.2, -0.15) is 0 Å². The van der Waals surface area contributed by atoms with E-state index in [1.807, 2.05) is 12.1 Å². The quantitative estimate of drug-likeness (QED) is 0.530. The van der Waals surface area contributed by atoms with Gasteiger partial charge in [0, 0.05) is 43.2 Å². The van der Waals surface area contributed by atoms with Gasteiger partial charge in [0.15, 0.2) is 5.78 Å². The summed E-state index contributed by atoms with van der Waals surface area (Å²) in [6.07, 6.45) is 5.08. The summed E-state index contributed by atoms with van der Waals surface area (Å²) in [6.45, 7) is 5.65. The van der Waals surface area contributed by atoms with E-state index in [4.69, 9.17) is 4.74 Å². The molecule has 0 spiro atoms. The second-order valence-corrected chi connectivity index (χ2v) is 7.62. The molecule has 0 bridgehead atoms. The van der Waals surface area contributed by atoms with Crippen LogP contribution >= 0.6 is 0 Å². The van der Waals surface area contributed by atoms with Crippen LogP contribution < -0.4 is 0 Å². The van der Waals surface area contributed by atoms with Crippen LogP contribution in [0.2, 0.25) is 0 Å². The predicted octanol–water partition coefficient (Wildman–Crippen LogP) is 2.83. The number of carbonyl (C=O) groups excluding carboxylic acids is 3. The van der Waals surface area contributed by atoms with E-state index < -0.39 is 12.0 Å². The molecule has 1 aliphatic carbocycles. The molecule has 7 nitrogen and oxygen atoms in total. The third kappa shape index (κ3) is 3.95. The van der Waals surface area contributed by atoms with Crippen molar-refractivity contribution in [1.82, 2.24) is 14.5 Å². The predicted molar refractivity (Wildman–Crippen MR) is 108 cm³/mol. The minimum Gasteiger partial charge on any atom is -0.464 e. The zero-order chi connectivity index (χ0) is 21.3. The standard InChI is InChI=1S/C22H27N3O4/c1-13-18(14(2)24(4)19(13)22(28)29-5)20(26)15(3)25(21(27)17-6-7-17)12-16-8-10-23-11-9-16/h8-11,15,17H,6-7,12H2,1-5H3/t15-/m1/s1. The molecule has 0 aliphatic heterocycles. The van der Waals surface area contributed by atoms with Crippen molar-refractivity contribution < 1.29 is 19.1 Å². The maximum Gasteiger partial charge on any atom is 0.354 e. The summed E-state index contributed by atoms with van der Waals surface area (Å²) in [7, 11) is 3.05. The van der Waals surface area contributed by atoms with Crippen molar-refractivity contribution in [2.24, 2.45) is 13.0 Å². The number of rotatable bonds is 7. The van der Waals surface area contributed by atoms with Crippen LogP contribution in [-0.2, 0) is 23.1 Å². The molecule has 1 aliphatic rings. The van der Waals surface area contributed by atoms with E-state index in [-0.39, 0.29) is 17.6 Å². The molecule has 0 radical (unpaired) electrons. The zero-order valence-corrected chi connectivity index (χ0v) is 17.6. The van der Waals surface area contributed by atoms with Gasteiger partial charge in [0.1, 0.15) is 5.69 Å². The van der Waals surface area contributed by atoms with Gasteiger partial charge in [-0.25, -0.2) is 4.79 Å². The van der Waals surface area contributed by atoms with Crippen LogP contribution in [0.3, 0.4) is 0 Å². The molecule has 3 rings (SSSR count).